The van der Waals surface area contributed by atoms with Crippen molar-refractivity contribution >= 4 is 32.6 Å². The molecule has 2 heterocycles. The van der Waals surface area contributed by atoms with Gasteiger partial charge in [-0.25, -0.2) is 4.98 Å². The summed E-state index contributed by atoms with van der Waals surface area (Å²) >= 11 is 3.47. The van der Waals surface area contributed by atoms with Crippen LogP contribution in [0.5, 0.6) is 11.6 Å². The van der Waals surface area contributed by atoms with Gasteiger partial charge in [0.1, 0.15) is 18.4 Å². The summed E-state index contributed by atoms with van der Waals surface area (Å²) < 4.78 is 12.4. The summed E-state index contributed by atoms with van der Waals surface area (Å²) in [6, 6.07) is 5.72. The van der Waals surface area contributed by atoms with Crippen LogP contribution < -0.4 is 14.8 Å². The third-order valence-electron chi connectivity index (χ3n) is 3.89. The van der Waals surface area contributed by atoms with Gasteiger partial charge in [0.05, 0.1) is 17.7 Å². The maximum Gasteiger partial charge on any atom is 0.221 e. The van der Waals surface area contributed by atoms with E-state index in [1.807, 2.05) is 13.8 Å². The lowest BCUT2D eigenvalue weighted by molar-refractivity contribution is -0.119. The van der Waals surface area contributed by atoms with Gasteiger partial charge in [0.25, 0.3) is 0 Å². The number of amides is 1. The van der Waals surface area contributed by atoms with Crippen molar-refractivity contribution in [3.63, 3.8) is 0 Å². The summed E-state index contributed by atoms with van der Waals surface area (Å²) in [5.41, 5.74) is 0.460. The van der Waals surface area contributed by atoms with Crippen molar-refractivity contribution in [3.05, 3.63) is 28.4 Å². The minimum atomic E-state index is -0.0530. The highest BCUT2D eigenvalue weighted by atomic mass is 79.9. The summed E-state index contributed by atoms with van der Waals surface area (Å²) in [6.07, 6.45) is 2.88. The molecule has 1 aromatic carbocycles. The summed E-state index contributed by atoms with van der Waals surface area (Å²) in [5, 5.41) is 13.8. The van der Waals surface area contributed by atoms with E-state index in [-0.39, 0.29) is 18.1 Å². The van der Waals surface area contributed by atoms with Gasteiger partial charge in [-0.15, -0.1) is 0 Å². The van der Waals surface area contributed by atoms with Crippen molar-refractivity contribution in [2.24, 2.45) is 0 Å². The van der Waals surface area contributed by atoms with Crippen LogP contribution in [0.2, 0.25) is 0 Å². The van der Waals surface area contributed by atoms with Gasteiger partial charge in [-0.2, -0.15) is 5.26 Å². The smallest absolute Gasteiger partial charge is 0.221 e. The Morgan fingerprint density at radius 1 is 1.44 bits per heavy atom. The average molecular weight is 404 g/mol. The first-order chi connectivity index (χ1) is 12.0. The van der Waals surface area contributed by atoms with Crippen molar-refractivity contribution in [2.75, 3.05) is 6.61 Å². The fourth-order valence-electron chi connectivity index (χ4n) is 2.74. The Balaban J connectivity index is 1.96. The molecule has 3 rings (SSSR count). The van der Waals surface area contributed by atoms with Gasteiger partial charge in [0.15, 0.2) is 0 Å². The lowest BCUT2D eigenvalue weighted by atomic mass is 10.1. The predicted octanol–water partition coefficient (Wildman–Crippen LogP) is 3.31. The van der Waals surface area contributed by atoms with Gasteiger partial charge >= 0.3 is 0 Å². The van der Waals surface area contributed by atoms with E-state index in [1.54, 1.807) is 18.3 Å². The topological polar surface area (TPSA) is 84.2 Å². The number of pyridine rings is 1. The van der Waals surface area contributed by atoms with Crippen LogP contribution in [0.4, 0.5) is 0 Å². The van der Waals surface area contributed by atoms with E-state index in [1.165, 1.54) is 0 Å². The van der Waals surface area contributed by atoms with E-state index in [4.69, 9.17) is 9.47 Å². The quantitative estimate of drug-likeness (QED) is 0.827. The molecule has 1 amide bonds. The molecule has 1 atom stereocenters. The Kier molecular flexibility index (Phi) is 5.09. The molecule has 1 aromatic heterocycles. The van der Waals surface area contributed by atoms with Gasteiger partial charge in [0.2, 0.25) is 11.8 Å². The number of nitrogens with zero attached hydrogens (tertiary/aromatic N) is 2. The number of carbonyl (C=O) groups is 1. The molecule has 1 N–H and O–H groups in total. The Labute approximate surface area is 154 Å². The molecule has 0 radical (unpaired) electrons. The van der Waals surface area contributed by atoms with Gasteiger partial charge in [-0.1, -0.05) is 0 Å². The minimum Gasteiger partial charge on any atom is -0.490 e. The first-order valence-corrected chi connectivity index (χ1v) is 8.88. The number of aromatic nitrogens is 1. The number of ether oxygens (including phenoxy) is 2. The first kappa shape index (κ1) is 17.5. The average Bonchev–Trinajstić information content (AvgIpc) is 2.99. The second kappa shape index (κ2) is 7.28. The monoisotopic (exact) mass is 403 g/mol. The molecule has 0 unspecified atom stereocenters. The Bertz CT molecular complexity index is 861. The lowest BCUT2D eigenvalue weighted by Crippen LogP contribution is -2.31. The van der Waals surface area contributed by atoms with Crippen LogP contribution in [0, 0.1) is 11.3 Å². The van der Waals surface area contributed by atoms with Gasteiger partial charge in [-0.3, -0.25) is 4.79 Å². The molecule has 6 nitrogen and oxygen atoms in total. The van der Waals surface area contributed by atoms with Gasteiger partial charge in [0, 0.05) is 27.9 Å². The summed E-state index contributed by atoms with van der Waals surface area (Å²) in [6.45, 7) is 4.17. The number of hydrogen-bond acceptors (Lipinski definition) is 5. The van der Waals surface area contributed by atoms with Crippen LogP contribution in [-0.4, -0.2) is 29.6 Å². The third-order valence-corrected chi connectivity index (χ3v) is 4.52. The molecule has 2 aromatic rings. The second-order valence-corrected chi connectivity index (χ2v) is 7.05. The number of nitrogens with one attached hydrogen (secondary N) is 1. The zero-order chi connectivity index (χ0) is 18.0. The van der Waals surface area contributed by atoms with E-state index in [2.05, 4.69) is 32.3 Å². The van der Waals surface area contributed by atoms with Crippen LogP contribution in [-0.2, 0) is 4.79 Å². The Morgan fingerprint density at radius 2 is 2.24 bits per heavy atom. The molecule has 1 aliphatic rings. The van der Waals surface area contributed by atoms with E-state index in [9.17, 15) is 10.1 Å². The van der Waals surface area contributed by atoms with E-state index >= 15 is 0 Å². The number of hydrogen-bond donors (Lipinski definition) is 1. The van der Waals surface area contributed by atoms with Crippen LogP contribution >= 0.6 is 15.9 Å². The highest BCUT2D eigenvalue weighted by Crippen LogP contribution is 2.35. The van der Waals surface area contributed by atoms with Crippen LogP contribution in [0.3, 0.4) is 0 Å². The number of fused-ring (bicyclic) bond motifs is 1. The number of rotatable bonds is 5. The molecule has 0 spiro atoms. The molecular weight excluding hydrogens is 386 g/mol. The van der Waals surface area contributed by atoms with Crippen molar-refractivity contribution in [3.8, 4) is 17.7 Å². The molecule has 7 heteroatoms. The van der Waals surface area contributed by atoms with Crippen molar-refractivity contribution in [1.82, 2.24) is 10.3 Å². The fraction of sp³-hybridized carbons (Fsp3) is 0.389. The summed E-state index contributed by atoms with van der Waals surface area (Å²) in [5.74, 6) is 1.01. The zero-order valence-corrected chi connectivity index (χ0v) is 15.6. The molecule has 1 aliphatic heterocycles. The Hall–Kier alpha value is -2.33. The molecule has 130 valence electrons. The SMILES string of the molecule is CC(C)Oc1cc2c(OC[C@@H]3CCC(=O)N3)ncc(Br)c2cc1C#N. The van der Waals surface area contributed by atoms with E-state index in [0.29, 0.717) is 30.2 Å². The van der Waals surface area contributed by atoms with Crippen LogP contribution in [0.25, 0.3) is 10.8 Å². The maximum atomic E-state index is 11.3. The molecule has 0 saturated carbocycles. The van der Waals surface area contributed by atoms with Crippen molar-refractivity contribution in [1.29, 1.82) is 5.26 Å². The molecule has 0 bridgehead atoms. The summed E-state index contributed by atoms with van der Waals surface area (Å²) in [4.78, 5) is 15.6. The third kappa shape index (κ3) is 3.85. The minimum absolute atomic E-state index is 0.00207. The number of halogens is 1. The number of nitriles is 1. The van der Waals surface area contributed by atoms with Crippen LogP contribution in [0.15, 0.2) is 22.8 Å². The zero-order valence-electron chi connectivity index (χ0n) is 14.0. The predicted molar refractivity (Wildman–Crippen MR) is 96.6 cm³/mol. The molecule has 0 aliphatic carbocycles. The largest absolute Gasteiger partial charge is 0.490 e. The maximum absolute atomic E-state index is 11.3. The fourth-order valence-corrected chi connectivity index (χ4v) is 3.17. The van der Waals surface area contributed by atoms with Gasteiger partial charge in [-0.05, 0) is 48.3 Å². The normalized spacial score (nSPS) is 16.8. The van der Waals surface area contributed by atoms with Crippen LogP contribution in [0.1, 0.15) is 32.3 Å². The second-order valence-electron chi connectivity index (χ2n) is 6.20. The molecule has 25 heavy (non-hydrogen) atoms. The van der Waals surface area contributed by atoms with E-state index < -0.39 is 0 Å². The number of benzene rings is 1. The van der Waals surface area contributed by atoms with E-state index in [0.717, 1.165) is 21.7 Å². The number of carbonyl (C=O) groups excluding carboxylic acids is 1. The molecule has 1 saturated heterocycles. The van der Waals surface area contributed by atoms with Crippen molar-refractivity contribution in [2.45, 2.75) is 38.8 Å². The lowest BCUT2D eigenvalue weighted by Gasteiger charge is -2.16. The first-order valence-electron chi connectivity index (χ1n) is 8.09. The van der Waals surface area contributed by atoms with Crippen molar-refractivity contribution < 1.29 is 14.3 Å². The standard InChI is InChI=1S/C18H18BrN3O3/c1-10(2)25-16-6-14-13(5-11(16)7-20)15(19)8-21-18(14)24-9-12-3-4-17(23)22-12/h5-6,8,10,12H,3-4,9H2,1-2H3,(H,22,23)/t12-/m0/s1. The molecule has 1 fully saturated rings. The van der Waals surface area contributed by atoms with Gasteiger partial charge < -0.3 is 14.8 Å². The highest BCUT2D eigenvalue weighted by molar-refractivity contribution is 9.10. The summed E-state index contributed by atoms with van der Waals surface area (Å²) in [7, 11) is 0. The molecular formula is C18H18BrN3O3. The Morgan fingerprint density at radius 3 is 2.88 bits per heavy atom. The highest BCUT2D eigenvalue weighted by Gasteiger charge is 2.22.